The number of aliphatic hydroxyl groups excluding tert-OH is 1. The van der Waals surface area contributed by atoms with Crippen molar-refractivity contribution < 1.29 is 13.5 Å². The Labute approximate surface area is 127 Å². The Kier molecular flexibility index (Phi) is 4.47. The third kappa shape index (κ3) is 3.30. The number of benzene rings is 1. The highest BCUT2D eigenvalue weighted by molar-refractivity contribution is 7.89. The SMILES string of the molecule is C[C@@H]1C[C@H](O)CCN1S(=O)(=O)c1ccccc1C(C)(C)C. The van der Waals surface area contributed by atoms with Crippen LogP contribution in [0.4, 0.5) is 0 Å². The minimum Gasteiger partial charge on any atom is -0.393 e. The largest absolute Gasteiger partial charge is 0.393 e. The highest BCUT2D eigenvalue weighted by Gasteiger charge is 2.36. The molecule has 0 aromatic heterocycles. The molecule has 0 spiro atoms. The Morgan fingerprint density at radius 3 is 2.43 bits per heavy atom. The van der Waals surface area contributed by atoms with Gasteiger partial charge in [-0.2, -0.15) is 4.31 Å². The standard InChI is InChI=1S/C16H25NO3S/c1-12-11-13(18)9-10-17(12)21(19,20)15-8-6-5-7-14(15)16(2,3)4/h5-8,12-13,18H,9-11H2,1-4H3/t12-,13-/m1/s1. The first-order chi connectivity index (χ1) is 9.64. The molecular weight excluding hydrogens is 286 g/mol. The maximum atomic E-state index is 13.0. The summed E-state index contributed by atoms with van der Waals surface area (Å²) in [6.07, 6.45) is 0.599. The molecule has 1 N–H and O–H groups in total. The predicted molar refractivity (Wildman–Crippen MR) is 83.7 cm³/mol. The minimum atomic E-state index is -3.53. The van der Waals surface area contributed by atoms with E-state index < -0.39 is 16.1 Å². The van der Waals surface area contributed by atoms with Crippen LogP contribution in [0.1, 0.15) is 46.1 Å². The van der Waals surface area contributed by atoms with E-state index in [-0.39, 0.29) is 11.5 Å². The molecular formula is C16H25NO3S. The molecule has 4 nitrogen and oxygen atoms in total. The van der Waals surface area contributed by atoms with E-state index in [1.807, 2.05) is 39.8 Å². The van der Waals surface area contributed by atoms with Crippen LogP contribution in [-0.2, 0) is 15.4 Å². The van der Waals surface area contributed by atoms with Gasteiger partial charge >= 0.3 is 0 Å². The van der Waals surface area contributed by atoms with Gasteiger partial charge in [0.2, 0.25) is 10.0 Å². The Morgan fingerprint density at radius 1 is 1.24 bits per heavy atom. The molecule has 5 heteroatoms. The van der Waals surface area contributed by atoms with E-state index in [1.165, 1.54) is 4.31 Å². The zero-order chi connectivity index (χ0) is 15.8. The number of hydrogen-bond donors (Lipinski definition) is 1. The summed E-state index contributed by atoms with van der Waals surface area (Å²) in [7, 11) is -3.53. The Morgan fingerprint density at radius 2 is 1.86 bits per heavy atom. The molecule has 1 saturated heterocycles. The van der Waals surface area contributed by atoms with Crippen molar-refractivity contribution in [3.63, 3.8) is 0 Å². The van der Waals surface area contributed by atoms with Crippen LogP contribution in [0.5, 0.6) is 0 Å². The van der Waals surface area contributed by atoms with Gasteiger partial charge in [-0.3, -0.25) is 0 Å². The van der Waals surface area contributed by atoms with E-state index in [9.17, 15) is 13.5 Å². The zero-order valence-corrected chi connectivity index (χ0v) is 14.0. The van der Waals surface area contributed by atoms with E-state index in [0.717, 1.165) is 5.56 Å². The van der Waals surface area contributed by atoms with Crippen molar-refractivity contribution in [1.82, 2.24) is 4.31 Å². The van der Waals surface area contributed by atoms with Crippen molar-refractivity contribution in [3.05, 3.63) is 29.8 Å². The summed E-state index contributed by atoms with van der Waals surface area (Å²) in [5, 5.41) is 9.70. The second kappa shape index (κ2) is 5.71. The van der Waals surface area contributed by atoms with Crippen molar-refractivity contribution in [2.24, 2.45) is 0 Å². The van der Waals surface area contributed by atoms with Crippen molar-refractivity contribution in [2.75, 3.05) is 6.54 Å². The van der Waals surface area contributed by atoms with Gasteiger partial charge in [-0.15, -0.1) is 0 Å². The van der Waals surface area contributed by atoms with Crippen LogP contribution >= 0.6 is 0 Å². The van der Waals surface area contributed by atoms with Crippen LogP contribution in [0.15, 0.2) is 29.2 Å². The molecule has 0 amide bonds. The first-order valence-electron chi connectivity index (χ1n) is 7.43. The van der Waals surface area contributed by atoms with Crippen LogP contribution in [-0.4, -0.2) is 36.5 Å². The summed E-state index contributed by atoms with van der Waals surface area (Å²) >= 11 is 0. The number of sulfonamides is 1. The second-order valence-corrected chi connectivity index (χ2v) is 8.75. The summed E-state index contributed by atoms with van der Waals surface area (Å²) < 4.78 is 27.6. The molecule has 1 heterocycles. The fourth-order valence-electron chi connectivity index (χ4n) is 2.92. The lowest BCUT2D eigenvalue weighted by molar-refractivity contribution is 0.0866. The summed E-state index contributed by atoms with van der Waals surface area (Å²) in [6.45, 7) is 8.29. The third-order valence-electron chi connectivity index (χ3n) is 4.07. The number of hydrogen-bond acceptors (Lipinski definition) is 3. The lowest BCUT2D eigenvalue weighted by atomic mass is 9.87. The lowest BCUT2D eigenvalue weighted by Gasteiger charge is -2.36. The van der Waals surface area contributed by atoms with Crippen molar-refractivity contribution in [2.45, 2.75) is 63.0 Å². The van der Waals surface area contributed by atoms with Crippen LogP contribution in [0, 0.1) is 0 Å². The molecule has 1 aliphatic heterocycles. The fraction of sp³-hybridized carbons (Fsp3) is 0.625. The van der Waals surface area contributed by atoms with Gasteiger partial charge in [0, 0.05) is 12.6 Å². The molecule has 1 fully saturated rings. The van der Waals surface area contributed by atoms with Crippen LogP contribution in [0.25, 0.3) is 0 Å². The van der Waals surface area contributed by atoms with Gasteiger partial charge in [-0.05, 0) is 36.8 Å². The Hall–Kier alpha value is -0.910. The highest BCUT2D eigenvalue weighted by Crippen LogP contribution is 2.32. The molecule has 0 saturated carbocycles. The van der Waals surface area contributed by atoms with Crippen LogP contribution in [0.3, 0.4) is 0 Å². The van der Waals surface area contributed by atoms with Gasteiger partial charge in [0.15, 0.2) is 0 Å². The number of piperidine rings is 1. The molecule has 1 aliphatic rings. The highest BCUT2D eigenvalue weighted by atomic mass is 32.2. The van der Waals surface area contributed by atoms with Gasteiger partial charge in [-0.25, -0.2) is 8.42 Å². The van der Waals surface area contributed by atoms with E-state index in [0.29, 0.717) is 24.3 Å². The van der Waals surface area contributed by atoms with Crippen LogP contribution in [0.2, 0.25) is 0 Å². The van der Waals surface area contributed by atoms with Gasteiger partial charge in [0.05, 0.1) is 11.0 Å². The van der Waals surface area contributed by atoms with Gasteiger partial charge in [0.25, 0.3) is 0 Å². The van der Waals surface area contributed by atoms with E-state index in [1.54, 1.807) is 12.1 Å². The number of aliphatic hydroxyl groups is 1. The zero-order valence-electron chi connectivity index (χ0n) is 13.2. The summed E-state index contributed by atoms with van der Waals surface area (Å²) in [5.41, 5.74) is 0.602. The molecule has 118 valence electrons. The monoisotopic (exact) mass is 311 g/mol. The molecule has 0 radical (unpaired) electrons. The van der Waals surface area contributed by atoms with Crippen molar-refractivity contribution in [1.29, 1.82) is 0 Å². The molecule has 2 atom stereocenters. The average Bonchev–Trinajstić information content (AvgIpc) is 2.37. The predicted octanol–water partition coefficient (Wildman–Crippen LogP) is 2.52. The molecule has 0 bridgehead atoms. The Balaban J connectivity index is 2.46. The first-order valence-corrected chi connectivity index (χ1v) is 8.87. The second-order valence-electron chi connectivity index (χ2n) is 6.89. The molecule has 2 rings (SSSR count). The van der Waals surface area contributed by atoms with Gasteiger partial charge < -0.3 is 5.11 Å². The smallest absolute Gasteiger partial charge is 0.243 e. The lowest BCUT2D eigenvalue weighted by Crippen LogP contribution is -2.46. The van der Waals surface area contributed by atoms with E-state index in [2.05, 4.69) is 0 Å². The number of nitrogens with zero attached hydrogens (tertiary/aromatic N) is 1. The maximum Gasteiger partial charge on any atom is 0.243 e. The normalized spacial score (nSPS) is 25.0. The van der Waals surface area contributed by atoms with Crippen LogP contribution < -0.4 is 0 Å². The maximum absolute atomic E-state index is 13.0. The summed E-state index contributed by atoms with van der Waals surface area (Å²) in [4.78, 5) is 0.390. The summed E-state index contributed by atoms with van der Waals surface area (Å²) in [6, 6.07) is 7.05. The summed E-state index contributed by atoms with van der Waals surface area (Å²) in [5.74, 6) is 0. The molecule has 1 aromatic carbocycles. The molecule has 0 aliphatic carbocycles. The quantitative estimate of drug-likeness (QED) is 0.913. The van der Waals surface area contributed by atoms with E-state index in [4.69, 9.17) is 0 Å². The molecule has 0 unspecified atom stereocenters. The first kappa shape index (κ1) is 16.5. The third-order valence-corrected chi connectivity index (χ3v) is 6.14. The topological polar surface area (TPSA) is 57.6 Å². The van der Waals surface area contributed by atoms with Gasteiger partial charge in [0.1, 0.15) is 0 Å². The van der Waals surface area contributed by atoms with E-state index >= 15 is 0 Å². The minimum absolute atomic E-state index is 0.174. The molecule has 21 heavy (non-hydrogen) atoms. The molecule has 1 aromatic rings. The van der Waals surface area contributed by atoms with Crippen molar-refractivity contribution >= 4 is 10.0 Å². The number of rotatable bonds is 2. The van der Waals surface area contributed by atoms with Gasteiger partial charge in [-0.1, -0.05) is 39.0 Å². The average molecular weight is 311 g/mol. The van der Waals surface area contributed by atoms with Crippen molar-refractivity contribution in [3.8, 4) is 0 Å². The Bertz CT molecular complexity index is 604. The fourth-order valence-corrected chi connectivity index (χ4v) is 4.98.